The first kappa shape index (κ1) is 16.6. The molecule has 0 saturated carbocycles. The molecule has 25 heavy (non-hydrogen) atoms. The molecule has 1 aromatic carbocycles. The Balaban J connectivity index is 2.15. The lowest BCUT2D eigenvalue weighted by atomic mass is 9.99. The summed E-state index contributed by atoms with van der Waals surface area (Å²) in [6.07, 6.45) is 1.41. The third-order valence-corrected chi connectivity index (χ3v) is 4.05. The van der Waals surface area contributed by atoms with Crippen molar-refractivity contribution in [3.8, 4) is 11.5 Å². The number of H-pyrrole nitrogens is 1. The van der Waals surface area contributed by atoms with Crippen LogP contribution in [0.2, 0.25) is 0 Å². The fourth-order valence-electron chi connectivity index (χ4n) is 2.72. The van der Waals surface area contributed by atoms with E-state index in [1.165, 1.54) is 6.20 Å². The number of aromatic amines is 1. The van der Waals surface area contributed by atoms with E-state index in [2.05, 4.69) is 15.0 Å². The first-order valence-electron chi connectivity index (χ1n) is 7.73. The number of fused-ring (bicyclic) bond motifs is 1. The lowest BCUT2D eigenvalue weighted by Gasteiger charge is -2.15. The van der Waals surface area contributed by atoms with Crippen molar-refractivity contribution in [2.75, 3.05) is 11.5 Å². The minimum Gasteiger partial charge on any atom is -0.477 e. The van der Waals surface area contributed by atoms with Gasteiger partial charge in [-0.3, -0.25) is 0 Å². The number of nitrogen functional groups attached to an aromatic ring is 2. The fraction of sp³-hybridized carbons (Fsp3) is 0.235. The highest BCUT2D eigenvalue weighted by Crippen LogP contribution is 2.37. The van der Waals surface area contributed by atoms with Crippen LogP contribution in [0.1, 0.15) is 41.4 Å². The number of rotatable bonds is 4. The number of ether oxygens (including phenoxy) is 1. The Labute approximate surface area is 143 Å². The molecule has 8 nitrogen and oxygen atoms in total. The molecular weight excluding hydrogens is 322 g/mol. The topological polar surface area (TPSA) is 140 Å². The van der Waals surface area contributed by atoms with Gasteiger partial charge in [0.15, 0.2) is 11.6 Å². The lowest BCUT2D eigenvalue weighted by Crippen LogP contribution is -2.02. The summed E-state index contributed by atoms with van der Waals surface area (Å²) >= 11 is 0. The van der Waals surface area contributed by atoms with Crippen molar-refractivity contribution in [2.24, 2.45) is 0 Å². The summed E-state index contributed by atoms with van der Waals surface area (Å²) in [6.45, 7) is 5.83. The van der Waals surface area contributed by atoms with Gasteiger partial charge in [-0.1, -0.05) is 13.8 Å². The van der Waals surface area contributed by atoms with Crippen LogP contribution in [0, 0.1) is 6.92 Å². The van der Waals surface area contributed by atoms with Gasteiger partial charge in [0.1, 0.15) is 11.4 Å². The Morgan fingerprint density at radius 1 is 1.28 bits per heavy atom. The molecule has 0 spiro atoms. The quantitative estimate of drug-likeness (QED) is 0.571. The van der Waals surface area contributed by atoms with Crippen molar-refractivity contribution in [3.05, 3.63) is 35.2 Å². The molecule has 8 heteroatoms. The van der Waals surface area contributed by atoms with Crippen LogP contribution in [0.15, 0.2) is 18.3 Å². The molecule has 3 aromatic rings. The summed E-state index contributed by atoms with van der Waals surface area (Å²) in [6, 6.07) is 3.70. The largest absolute Gasteiger partial charge is 0.477 e. The second kappa shape index (κ2) is 5.97. The number of aryl methyl sites for hydroxylation is 1. The molecule has 0 atom stereocenters. The van der Waals surface area contributed by atoms with Gasteiger partial charge >= 0.3 is 5.97 Å². The summed E-state index contributed by atoms with van der Waals surface area (Å²) < 4.78 is 5.90. The van der Waals surface area contributed by atoms with Gasteiger partial charge in [-0.15, -0.1) is 0 Å². The number of benzene rings is 1. The molecule has 0 unspecified atom stereocenters. The highest BCUT2D eigenvalue weighted by atomic mass is 16.5. The number of aromatic carboxylic acids is 1. The third-order valence-electron chi connectivity index (χ3n) is 4.05. The van der Waals surface area contributed by atoms with E-state index in [1.807, 2.05) is 19.9 Å². The average Bonchev–Trinajstić information content (AvgIpc) is 2.85. The minimum atomic E-state index is -1.00. The number of carbonyl (C=O) groups is 1. The lowest BCUT2D eigenvalue weighted by molar-refractivity contribution is 0.0690. The van der Waals surface area contributed by atoms with Gasteiger partial charge in [0.05, 0.1) is 11.7 Å². The van der Waals surface area contributed by atoms with Crippen molar-refractivity contribution in [2.45, 2.75) is 26.7 Å². The van der Waals surface area contributed by atoms with Crippen molar-refractivity contribution in [1.82, 2.24) is 15.0 Å². The first-order chi connectivity index (χ1) is 11.8. The Kier molecular flexibility index (Phi) is 3.96. The van der Waals surface area contributed by atoms with Crippen molar-refractivity contribution >= 4 is 28.6 Å². The van der Waals surface area contributed by atoms with Crippen LogP contribution in [0.3, 0.4) is 0 Å². The van der Waals surface area contributed by atoms with E-state index in [4.69, 9.17) is 16.2 Å². The smallest absolute Gasteiger partial charge is 0.352 e. The molecule has 130 valence electrons. The monoisotopic (exact) mass is 341 g/mol. The Hall–Kier alpha value is -3.29. The number of hydrogen-bond acceptors (Lipinski definition) is 6. The third kappa shape index (κ3) is 2.93. The van der Waals surface area contributed by atoms with Crippen LogP contribution >= 0.6 is 0 Å². The Bertz CT molecular complexity index is 978. The summed E-state index contributed by atoms with van der Waals surface area (Å²) in [5.74, 6) is 0.195. The normalized spacial score (nSPS) is 11.2. The van der Waals surface area contributed by atoms with E-state index in [0.717, 1.165) is 10.9 Å². The number of hydrogen-bond donors (Lipinski definition) is 4. The number of carboxylic acid groups (broad SMARTS) is 1. The van der Waals surface area contributed by atoms with Crippen LogP contribution in [-0.4, -0.2) is 26.0 Å². The number of nitrogens with zero attached hydrogens (tertiary/aromatic N) is 2. The molecular formula is C17H19N5O3. The Morgan fingerprint density at radius 3 is 2.60 bits per heavy atom. The maximum atomic E-state index is 11.4. The van der Waals surface area contributed by atoms with E-state index < -0.39 is 5.97 Å². The SMILES string of the molecule is Cc1c(C(=O)O)[nH]c2cc(Oc3cnc(N)nc3N)c(C(C)C)cc12. The van der Waals surface area contributed by atoms with Gasteiger partial charge < -0.3 is 26.3 Å². The van der Waals surface area contributed by atoms with Crippen LogP contribution in [0.5, 0.6) is 11.5 Å². The molecule has 0 amide bonds. The van der Waals surface area contributed by atoms with E-state index in [9.17, 15) is 9.90 Å². The van der Waals surface area contributed by atoms with Gasteiger partial charge in [-0.25, -0.2) is 9.78 Å². The second-order valence-corrected chi connectivity index (χ2v) is 6.10. The molecule has 3 rings (SSSR count). The molecule has 2 aromatic heterocycles. The number of nitrogens with two attached hydrogens (primary N) is 2. The molecule has 0 bridgehead atoms. The Morgan fingerprint density at radius 2 is 2.00 bits per heavy atom. The predicted octanol–water partition coefficient (Wildman–Crippen LogP) is 3.04. The zero-order chi connectivity index (χ0) is 18.3. The molecule has 0 aliphatic carbocycles. The van der Waals surface area contributed by atoms with Gasteiger partial charge in [0, 0.05) is 11.5 Å². The fourth-order valence-corrected chi connectivity index (χ4v) is 2.72. The molecule has 0 aliphatic heterocycles. The maximum absolute atomic E-state index is 11.4. The summed E-state index contributed by atoms with van der Waals surface area (Å²) in [5.41, 5.74) is 13.8. The zero-order valence-corrected chi connectivity index (χ0v) is 14.1. The standard InChI is InChI=1S/C17H19N5O3/c1-7(2)9-4-10-8(3)14(16(23)24)21-11(10)5-12(9)25-13-6-20-17(19)22-15(13)18/h4-7,21H,1-3H3,(H,23,24)(H4,18,19,20,22). The highest BCUT2D eigenvalue weighted by Gasteiger charge is 2.18. The van der Waals surface area contributed by atoms with Gasteiger partial charge in [-0.05, 0) is 30.0 Å². The zero-order valence-electron chi connectivity index (χ0n) is 14.1. The molecule has 2 heterocycles. The molecule has 0 fully saturated rings. The van der Waals surface area contributed by atoms with E-state index in [-0.39, 0.29) is 29.1 Å². The summed E-state index contributed by atoms with van der Waals surface area (Å²) in [5, 5.41) is 10.1. The van der Waals surface area contributed by atoms with Crippen LogP contribution < -0.4 is 16.2 Å². The number of carboxylic acids is 1. The van der Waals surface area contributed by atoms with E-state index in [1.54, 1.807) is 13.0 Å². The number of anilines is 2. The van der Waals surface area contributed by atoms with Crippen molar-refractivity contribution < 1.29 is 14.6 Å². The second-order valence-electron chi connectivity index (χ2n) is 6.10. The van der Waals surface area contributed by atoms with Gasteiger partial charge in [0.2, 0.25) is 5.95 Å². The van der Waals surface area contributed by atoms with Gasteiger partial charge in [-0.2, -0.15) is 4.98 Å². The van der Waals surface area contributed by atoms with Crippen molar-refractivity contribution in [1.29, 1.82) is 0 Å². The number of nitrogens with one attached hydrogen (secondary N) is 1. The van der Waals surface area contributed by atoms with Crippen LogP contribution in [-0.2, 0) is 0 Å². The van der Waals surface area contributed by atoms with Gasteiger partial charge in [0.25, 0.3) is 0 Å². The molecule has 0 radical (unpaired) electrons. The average molecular weight is 341 g/mol. The van der Waals surface area contributed by atoms with E-state index >= 15 is 0 Å². The predicted molar refractivity (Wildman–Crippen MR) is 95.0 cm³/mol. The summed E-state index contributed by atoms with van der Waals surface area (Å²) in [4.78, 5) is 22.0. The number of aromatic nitrogens is 3. The molecule has 0 aliphatic rings. The highest BCUT2D eigenvalue weighted by molar-refractivity contribution is 5.98. The van der Waals surface area contributed by atoms with Crippen LogP contribution in [0.4, 0.5) is 11.8 Å². The first-order valence-corrected chi connectivity index (χ1v) is 7.73. The van der Waals surface area contributed by atoms with E-state index in [0.29, 0.717) is 16.8 Å². The molecule has 6 N–H and O–H groups in total. The minimum absolute atomic E-state index is 0.0653. The summed E-state index contributed by atoms with van der Waals surface area (Å²) in [7, 11) is 0. The van der Waals surface area contributed by atoms with Crippen LogP contribution in [0.25, 0.3) is 10.9 Å². The van der Waals surface area contributed by atoms with Crippen molar-refractivity contribution in [3.63, 3.8) is 0 Å². The maximum Gasteiger partial charge on any atom is 0.352 e. The molecule has 0 saturated heterocycles.